The lowest BCUT2D eigenvalue weighted by Crippen LogP contribution is -2.24. The Balaban J connectivity index is 1.17. The van der Waals surface area contributed by atoms with E-state index in [1.807, 2.05) is 24.3 Å². The first-order valence-corrected chi connectivity index (χ1v) is 12.6. The molecule has 5 aromatic rings. The molecule has 2 aliphatic heterocycles. The van der Waals surface area contributed by atoms with Crippen LogP contribution in [0.4, 0.5) is 4.39 Å². The second-order valence-corrected chi connectivity index (χ2v) is 9.82. The van der Waals surface area contributed by atoms with Gasteiger partial charge in [0.15, 0.2) is 11.6 Å². The quantitative estimate of drug-likeness (QED) is 0.275. The van der Waals surface area contributed by atoms with Gasteiger partial charge in [-0.15, -0.1) is 0 Å². The van der Waals surface area contributed by atoms with Crippen molar-refractivity contribution in [2.24, 2.45) is 0 Å². The van der Waals surface area contributed by atoms with Crippen LogP contribution in [0.2, 0.25) is 5.02 Å². The summed E-state index contributed by atoms with van der Waals surface area (Å²) < 4.78 is 26.0. The minimum absolute atomic E-state index is 0.0642. The van der Waals surface area contributed by atoms with Gasteiger partial charge >= 0.3 is 0 Å². The molecule has 2 bridgehead atoms. The van der Waals surface area contributed by atoms with Crippen LogP contribution in [0, 0.1) is 5.82 Å². The van der Waals surface area contributed by atoms with Crippen molar-refractivity contribution in [2.75, 3.05) is 7.11 Å². The molecular weight excluding hydrogens is 505 g/mol. The summed E-state index contributed by atoms with van der Waals surface area (Å²) in [4.78, 5) is 20.7. The van der Waals surface area contributed by atoms with Crippen molar-refractivity contribution in [3.05, 3.63) is 117 Å². The minimum atomic E-state index is -0.585. The third-order valence-corrected chi connectivity index (χ3v) is 7.75. The Morgan fingerprint density at radius 3 is 2.68 bits per heavy atom. The molecule has 2 N–H and O–H groups in total. The van der Waals surface area contributed by atoms with E-state index in [-0.39, 0.29) is 41.0 Å². The average Bonchev–Trinajstić information content (AvgIpc) is 3.66. The van der Waals surface area contributed by atoms with Crippen molar-refractivity contribution >= 4 is 28.5 Å². The summed E-state index contributed by atoms with van der Waals surface area (Å²) in [6.07, 6.45) is 1.27. The molecule has 0 spiro atoms. The molecule has 188 valence electrons. The molecule has 0 saturated heterocycles. The maximum Gasteiger partial charge on any atom is 0.251 e. The predicted octanol–water partition coefficient (Wildman–Crippen LogP) is 6.48. The number of fused-ring (bicyclic) bond motifs is 9. The zero-order valence-corrected chi connectivity index (χ0v) is 21.0. The molecule has 3 heterocycles. The maximum atomic E-state index is 14.6. The van der Waals surface area contributed by atoms with Crippen molar-refractivity contribution < 1.29 is 18.7 Å². The fraction of sp³-hybridized carbons (Fsp3) is 0.133. The lowest BCUT2D eigenvalue weighted by atomic mass is 9.83. The van der Waals surface area contributed by atoms with Gasteiger partial charge in [0, 0.05) is 28.3 Å². The fourth-order valence-electron chi connectivity index (χ4n) is 5.52. The number of hydrogen-bond acceptors (Lipinski definition) is 4. The smallest absolute Gasteiger partial charge is 0.251 e. The van der Waals surface area contributed by atoms with Crippen LogP contribution in [-0.2, 0) is 11.3 Å². The first-order chi connectivity index (χ1) is 18.5. The number of benzene rings is 4. The zero-order chi connectivity index (χ0) is 26.0. The van der Waals surface area contributed by atoms with Crippen LogP contribution >= 0.6 is 11.6 Å². The summed E-state index contributed by atoms with van der Waals surface area (Å²) in [5.41, 5.74) is 8.92. The number of nitrogens with zero attached hydrogens (tertiary/aromatic N) is 1. The fourth-order valence-corrected chi connectivity index (χ4v) is 5.73. The molecule has 8 heteroatoms. The van der Waals surface area contributed by atoms with Gasteiger partial charge in [0.1, 0.15) is 12.2 Å². The summed E-state index contributed by atoms with van der Waals surface area (Å²) in [5, 5.41) is 3.00. The molecule has 4 aromatic carbocycles. The number of nitrogens with one attached hydrogen (secondary N) is 2. The Hall–Kier alpha value is -4.20. The van der Waals surface area contributed by atoms with Gasteiger partial charge < -0.3 is 19.8 Å². The maximum absolute atomic E-state index is 14.6. The van der Waals surface area contributed by atoms with Crippen molar-refractivity contribution in [3.63, 3.8) is 0 Å². The molecule has 2 unspecified atom stereocenters. The van der Waals surface area contributed by atoms with Crippen LogP contribution in [-0.4, -0.2) is 23.0 Å². The van der Waals surface area contributed by atoms with E-state index in [4.69, 9.17) is 21.1 Å². The zero-order valence-electron chi connectivity index (χ0n) is 20.2. The number of carbonyl (C=O) groups is 1. The summed E-state index contributed by atoms with van der Waals surface area (Å²) in [7, 11) is 1.38. The normalized spacial score (nSPS) is 16.9. The molecule has 0 fully saturated rings. The van der Waals surface area contributed by atoms with Crippen molar-refractivity contribution in [2.45, 2.75) is 18.8 Å². The first kappa shape index (κ1) is 23.0. The number of halogens is 2. The van der Waals surface area contributed by atoms with E-state index in [1.54, 1.807) is 18.5 Å². The van der Waals surface area contributed by atoms with E-state index in [0.717, 1.165) is 44.4 Å². The standard InChI is InChI=1S/C30H21ClFN3O3/c1-37-25-10-9-23(31)22(26(25)32)13-33-30(36)16-6-8-19-21(12-16)29-20-11-15(5-7-18(20)28(19)38-29)17-3-2-4-24-27(17)35-14-34-24/h2-12,14,28-29H,13H2,1H3,(H,33,36)(H,34,35). The van der Waals surface area contributed by atoms with Crippen LogP contribution in [0.1, 0.15) is 50.4 Å². The Morgan fingerprint density at radius 2 is 1.84 bits per heavy atom. The van der Waals surface area contributed by atoms with E-state index in [2.05, 4.69) is 39.6 Å². The lowest BCUT2D eigenvalue weighted by molar-refractivity contribution is 0.0857. The number of methoxy groups -OCH3 is 1. The van der Waals surface area contributed by atoms with Crippen LogP contribution in [0.5, 0.6) is 5.75 Å². The number of aromatic amines is 1. The number of aromatic nitrogens is 2. The van der Waals surface area contributed by atoms with Crippen LogP contribution in [0.25, 0.3) is 22.2 Å². The number of amides is 1. The van der Waals surface area contributed by atoms with E-state index >= 15 is 0 Å². The van der Waals surface area contributed by atoms with Gasteiger partial charge in [-0.1, -0.05) is 41.9 Å². The number of ether oxygens (including phenoxy) is 2. The number of rotatable bonds is 5. The van der Waals surface area contributed by atoms with Crippen molar-refractivity contribution in [1.82, 2.24) is 15.3 Å². The predicted molar refractivity (Wildman–Crippen MR) is 142 cm³/mol. The molecule has 2 atom stereocenters. The highest BCUT2D eigenvalue weighted by molar-refractivity contribution is 6.31. The van der Waals surface area contributed by atoms with Crippen molar-refractivity contribution in [3.8, 4) is 16.9 Å². The minimum Gasteiger partial charge on any atom is -0.494 e. The second kappa shape index (κ2) is 8.68. The van der Waals surface area contributed by atoms with E-state index in [1.165, 1.54) is 13.2 Å². The highest BCUT2D eigenvalue weighted by Crippen LogP contribution is 2.55. The van der Waals surface area contributed by atoms with Gasteiger partial charge in [0.05, 0.1) is 24.5 Å². The van der Waals surface area contributed by atoms with E-state index in [9.17, 15) is 9.18 Å². The van der Waals surface area contributed by atoms with Crippen LogP contribution in [0.15, 0.2) is 73.1 Å². The molecule has 2 aliphatic rings. The Bertz CT molecular complexity index is 1770. The van der Waals surface area contributed by atoms with Gasteiger partial charge in [-0.2, -0.15) is 0 Å². The number of carbonyl (C=O) groups excluding carboxylic acids is 1. The average molecular weight is 526 g/mol. The Labute approximate surface area is 222 Å². The molecule has 1 amide bonds. The largest absolute Gasteiger partial charge is 0.494 e. The molecule has 1 aromatic heterocycles. The highest BCUT2D eigenvalue weighted by Gasteiger charge is 2.43. The van der Waals surface area contributed by atoms with E-state index in [0.29, 0.717) is 5.56 Å². The Morgan fingerprint density at radius 1 is 1.05 bits per heavy atom. The van der Waals surface area contributed by atoms with Gasteiger partial charge in [0.25, 0.3) is 5.91 Å². The Kier molecular flexibility index (Phi) is 5.25. The number of hydrogen-bond donors (Lipinski definition) is 2. The first-order valence-electron chi connectivity index (χ1n) is 12.2. The van der Waals surface area contributed by atoms with Gasteiger partial charge in [-0.3, -0.25) is 4.79 Å². The summed E-state index contributed by atoms with van der Waals surface area (Å²) >= 11 is 6.17. The molecule has 6 nitrogen and oxygen atoms in total. The van der Waals surface area contributed by atoms with Gasteiger partial charge in [0.2, 0.25) is 0 Å². The SMILES string of the molecule is COc1ccc(Cl)c(CNC(=O)c2ccc3c(c2)C2OC3c3ccc(-c4cccc5[nH]cnc45)cc32)c1F. The lowest BCUT2D eigenvalue weighted by Gasteiger charge is -2.18. The number of para-hydroxylation sites is 1. The molecule has 38 heavy (non-hydrogen) atoms. The topological polar surface area (TPSA) is 76.2 Å². The number of H-pyrrole nitrogens is 1. The van der Waals surface area contributed by atoms with Crippen LogP contribution in [0.3, 0.4) is 0 Å². The molecular formula is C30H21ClFN3O3. The third-order valence-electron chi connectivity index (χ3n) is 7.39. The summed E-state index contributed by atoms with van der Waals surface area (Å²) in [6, 6.07) is 21.0. The number of imidazole rings is 1. The second-order valence-electron chi connectivity index (χ2n) is 9.41. The monoisotopic (exact) mass is 525 g/mol. The highest BCUT2D eigenvalue weighted by atomic mass is 35.5. The molecule has 0 saturated carbocycles. The van der Waals surface area contributed by atoms with E-state index < -0.39 is 5.82 Å². The molecule has 0 radical (unpaired) electrons. The van der Waals surface area contributed by atoms with Gasteiger partial charge in [-0.25, -0.2) is 9.37 Å². The molecule has 0 aliphatic carbocycles. The summed E-state index contributed by atoms with van der Waals surface area (Å²) in [5.74, 6) is -0.836. The van der Waals surface area contributed by atoms with Crippen LogP contribution < -0.4 is 10.1 Å². The van der Waals surface area contributed by atoms with Gasteiger partial charge in [-0.05, 0) is 64.2 Å². The van der Waals surface area contributed by atoms with Crippen molar-refractivity contribution in [1.29, 1.82) is 0 Å². The third kappa shape index (κ3) is 3.43. The summed E-state index contributed by atoms with van der Waals surface area (Å²) in [6.45, 7) is -0.0642. The molecule has 7 rings (SSSR count).